The maximum absolute atomic E-state index is 11.4. The van der Waals surface area contributed by atoms with Crippen LogP contribution in [-0.4, -0.2) is 103 Å². The van der Waals surface area contributed by atoms with Gasteiger partial charge in [-0.2, -0.15) is 0 Å². The van der Waals surface area contributed by atoms with Gasteiger partial charge in [0.25, 0.3) is 0 Å². The van der Waals surface area contributed by atoms with Crippen molar-refractivity contribution in [2.45, 2.75) is 31.6 Å². The van der Waals surface area contributed by atoms with Gasteiger partial charge in [0.1, 0.15) is 0 Å². The fourth-order valence-electron chi connectivity index (χ4n) is 1.86. The SMILES string of the molecule is CCCCC(C(=O)O)(C(=O)O)c1ccccc1.[KH].[NaH]. The molecule has 96 valence electrons. The van der Waals surface area contributed by atoms with Gasteiger partial charge in [0.15, 0.2) is 5.41 Å². The number of carboxylic acids is 2. The first-order valence-corrected chi connectivity index (χ1v) is 5.58. The Balaban J connectivity index is 0. The fraction of sp³-hybridized carbons (Fsp3) is 0.385. The summed E-state index contributed by atoms with van der Waals surface area (Å²) >= 11 is 0. The third-order valence-corrected chi connectivity index (χ3v) is 2.90. The van der Waals surface area contributed by atoms with Crippen molar-refractivity contribution >= 4 is 92.9 Å². The molecule has 0 radical (unpaired) electrons. The van der Waals surface area contributed by atoms with Crippen molar-refractivity contribution in [3.63, 3.8) is 0 Å². The monoisotopic (exact) mass is 300 g/mol. The summed E-state index contributed by atoms with van der Waals surface area (Å²) in [6, 6.07) is 8.15. The summed E-state index contributed by atoms with van der Waals surface area (Å²) in [6.45, 7) is 1.90. The normalized spacial score (nSPS) is 9.95. The van der Waals surface area contributed by atoms with E-state index in [2.05, 4.69) is 0 Å². The second kappa shape index (κ2) is 10.5. The Kier molecular flexibility index (Phi) is 12.2. The molecule has 4 nitrogen and oxygen atoms in total. The van der Waals surface area contributed by atoms with Crippen molar-refractivity contribution in [3.05, 3.63) is 35.9 Å². The molecular formula is C13H18KNaO4. The Bertz CT molecular complexity index is 394. The molecule has 0 bridgehead atoms. The molecular weight excluding hydrogens is 282 g/mol. The first-order chi connectivity index (χ1) is 8.05. The van der Waals surface area contributed by atoms with E-state index in [9.17, 15) is 19.8 Å². The second-order valence-corrected chi connectivity index (χ2v) is 3.99. The van der Waals surface area contributed by atoms with Crippen LogP contribution < -0.4 is 0 Å². The molecule has 0 aliphatic heterocycles. The Morgan fingerprint density at radius 1 is 1.11 bits per heavy atom. The Morgan fingerprint density at radius 3 is 1.95 bits per heavy atom. The van der Waals surface area contributed by atoms with E-state index < -0.39 is 17.4 Å². The van der Waals surface area contributed by atoms with Crippen LogP contribution in [0, 0.1) is 0 Å². The molecule has 0 spiro atoms. The molecule has 1 aromatic carbocycles. The van der Waals surface area contributed by atoms with Crippen LogP contribution in [0.2, 0.25) is 0 Å². The molecule has 0 fully saturated rings. The number of carbonyl (C=O) groups is 2. The van der Waals surface area contributed by atoms with Crippen LogP contribution in [-0.2, 0) is 15.0 Å². The first-order valence-electron chi connectivity index (χ1n) is 5.58. The van der Waals surface area contributed by atoms with Gasteiger partial charge in [-0.25, -0.2) is 0 Å². The van der Waals surface area contributed by atoms with Crippen LogP contribution in [0.15, 0.2) is 30.3 Å². The van der Waals surface area contributed by atoms with Crippen molar-refractivity contribution in [2.75, 3.05) is 0 Å². The van der Waals surface area contributed by atoms with Crippen molar-refractivity contribution in [1.29, 1.82) is 0 Å². The van der Waals surface area contributed by atoms with E-state index in [-0.39, 0.29) is 87.4 Å². The van der Waals surface area contributed by atoms with Gasteiger partial charge in [-0.15, -0.1) is 0 Å². The van der Waals surface area contributed by atoms with E-state index >= 15 is 0 Å². The number of hydrogen-bond acceptors (Lipinski definition) is 2. The number of unbranched alkanes of at least 4 members (excludes halogenated alkanes) is 1. The second-order valence-electron chi connectivity index (χ2n) is 3.99. The van der Waals surface area contributed by atoms with Crippen molar-refractivity contribution in [3.8, 4) is 0 Å². The van der Waals surface area contributed by atoms with Gasteiger partial charge in [-0.05, 0) is 12.0 Å². The molecule has 0 aliphatic rings. The summed E-state index contributed by atoms with van der Waals surface area (Å²) in [5.41, 5.74) is -1.49. The van der Waals surface area contributed by atoms with E-state index in [1.807, 2.05) is 6.92 Å². The van der Waals surface area contributed by atoms with Crippen LogP contribution in [0.5, 0.6) is 0 Å². The third kappa shape index (κ3) is 5.25. The van der Waals surface area contributed by atoms with Gasteiger partial charge in [-0.3, -0.25) is 9.59 Å². The summed E-state index contributed by atoms with van der Waals surface area (Å²) in [7, 11) is 0. The Morgan fingerprint density at radius 2 is 1.58 bits per heavy atom. The molecule has 19 heavy (non-hydrogen) atoms. The molecule has 0 heterocycles. The van der Waals surface area contributed by atoms with E-state index in [1.54, 1.807) is 30.3 Å². The fourth-order valence-corrected chi connectivity index (χ4v) is 1.86. The number of rotatable bonds is 6. The van der Waals surface area contributed by atoms with Crippen LogP contribution in [0.25, 0.3) is 0 Å². The predicted octanol–water partition coefficient (Wildman–Crippen LogP) is 0.987. The zero-order valence-corrected chi connectivity index (χ0v) is 9.72. The first kappa shape index (κ1) is 22.1. The quantitative estimate of drug-likeness (QED) is 0.607. The van der Waals surface area contributed by atoms with Crippen molar-refractivity contribution in [2.24, 2.45) is 0 Å². The minimum atomic E-state index is -1.82. The molecule has 0 aromatic heterocycles. The van der Waals surface area contributed by atoms with Crippen LogP contribution in [0.1, 0.15) is 31.7 Å². The molecule has 1 aromatic rings. The van der Waals surface area contributed by atoms with Gasteiger partial charge < -0.3 is 10.2 Å². The number of hydrogen-bond donors (Lipinski definition) is 2. The number of benzene rings is 1. The average molecular weight is 300 g/mol. The summed E-state index contributed by atoms with van der Waals surface area (Å²) < 4.78 is 0. The van der Waals surface area contributed by atoms with Crippen LogP contribution in [0.3, 0.4) is 0 Å². The van der Waals surface area contributed by atoms with Crippen molar-refractivity contribution in [1.82, 2.24) is 0 Å². The Labute approximate surface area is 177 Å². The average Bonchev–Trinajstić information content (AvgIpc) is 2.30. The molecule has 1 rings (SSSR count). The summed E-state index contributed by atoms with van der Waals surface area (Å²) in [5, 5.41) is 18.6. The number of carboxylic acid groups (broad SMARTS) is 2. The van der Waals surface area contributed by atoms with Crippen molar-refractivity contribution < 1.29 is 19.8 Å². The molecule has 0 unspecified atom stereocenters. The summed E-state index contributed by atoms with van der Waals surface area (Å²) in [4.78, 5) is 22.8. The van der Waals surface area contributed by atoms with Gasteiger partial charge in [-0.1, -0.05) is 50.1 Å². The molecule has 0 saturated heterocycles. The summed E-state index contributed by atoms with van der Waals surface area (Å²) in [6.07, 6.45) is 1.43. The van der Waals surface area contributed by atoms with E-state index in [0.717, 1.165) is 6.42 Å². The van der Waals surface area contributed by atoms with Gasteiger partial charge in [0, 0.05) is 0 Å². The van der Waals surface area contributed by atoms with E-state index in [1.165, 1.54) is 0 Å². The molecule has 6 heteroatoms. The predicted molar refractivity (Wildman–Crippen MR) is 77.2 cm³/mol. The minimum absolute atomic E-state index is 0. The molecule has 2 N–H and O–H groups in total. The molecule has 0 atom stereocenters. The van der Waals surface area contributed by atoms with Gasteiger partial charge >= 0.3 is 92.9 Å². The Hall–Kier alpha value is 0.796. The molecule has 0 saturated carbocycles. The van der Waals surface area contributed by atoms with Crippen LogP contribution in [0.4, 0.5) is 0 Å². The van der Waals surface area contributed by atoms with E-state index in [4.69, 9.17) is 0 Å². The zero-order chi connectivity index (χ0) is 12.9. The standard InChI is InChI=1S/C13H16O4.K.Na.2H/c1-2-3-9-13(11(14)15,12(16)17)10-7-5-4-6-8-10;;;;/h4-8H,2-3,9H2,1H3,(H,14,15)(H,16,17);;;;. The number of aliphatic carboxylic acids is 2. The third-order valence-electron chi connectivity index (χ3n) is 2.90. The summed E-state index contributed by atoms with van der Waals surface area (Å²) in [5.74, 6) is -2.60. The molecule has 0 amide bonds. The van der Waals surface area contributed by atoms with E-state index in [0.29, 0.717) is 12.0 Å². The maximum atomic E-state index is 11.4. The van der Waals surface area contributed by atoms with Gasteiger partial charge in [0.05, 0.1) is 0 Å². The van der Waals surface area contributed by atoms with Crippen LogP contribution >= 0.6 is 0 Å². The zero-order valence-electron chi connectivity index (χ0n) is 9.72. The topological polar surface area (TPSA) is 74.6 Å². The van der Waals surface area contributed by atoms with Gasteiger partial charge in [0.2, 0.25) is 0 Å². The molecule has 0 aliphatic carbocycles.